The molecule has 0 bridgehead atoms. The maximum Gasteiger partial charge on any atom is 0.257 e. The molecule has 1 fully saturated rings. The molecular formula is C18H23N3O2. The van der Waals surface area contributed by atoms with Gasteiger partial charge in [-0.1, -0.05) is 18.2 Å². The first-order chi connectivity index (χ1) is 11.2. The predicted octanol–water partition coefficient (Wildman–Crippen LogP) is 2.56. The fourth-order valence-electron chi connectivity index (χ4n) is 3.27. The Labute approximate surface area is 136 Å². The Morgan fingerprint density at radius 3 is 2.87 bits per heavy atom. The lowest BCUT2D eigenvalue weighted by atomic mass is 10.1. The van der Waals surface area contributed by atoms with Crippen molar-refractivity contribution in [3.05, 3.63) is 47.8 Å². The van der Waals surface area contributed by atoms with Crippen molar-refractivity contribution in [1.82, 2.24) is 14.7 Å². The minimum atomic E-state index is 0.0603. The standard InChI is InChI=1S/C18H23N3O2/c1-14-17(13-21(19-14)16-7-3-2-4-8-16)18(23)20-11-5-9-15(20)10-6-12-22/h2-4,7-8,13,15,22H,5-6,9-12H2,1H3. The van der Waals surface area contributed by atoms with Gasteiger partial charge in [-0.25, -0.2) is 4.68 Å². The second kappa shape index (κ2) is 6.96. The largest absolute Gasteiger partial charge is 0.396 e. The summed E-state index contributed by atoms with van der Waals surface area (Å²) in [6, 6.07) is 10.1. The Bertz CT molecular complexity index is 666. The number of aromatic nitrogens is 2. The van der Waals surface area contributed by atoms with E-state index in [1.54, 1.807) is 4.68 Å². The zero-order chi connectivity index (χ0) is 16.2. The van der Waals surface area contributed by atoms with E-state index in [0.29, 0.717) is 5.56 Å². The Morgan fingerprint density at radius 2 is 2.13 bits per heavy atom. The number of hydrogen-bond acceptors (Lipinski definition) is 3. The van der Waals surface area contributed by atoms with Crippen LogP contribution in [0, 0.1) is 6.92 Å². The van der Waals surface area contributed by atoms with E-state index in [9.17, 15) is 4.79 Å². The summed E-state index contributed by atoms with van der Waals surface area (Å²) >= 11 is 0. The van der Waals surface area contributed by atoms with Gasteiger partial charge in [0.05, 0.1) is 16.9 Å². The summed E-state index contributed by atoms with van der Waals surface area (Å²) in [7, 11) is 0. The van der Waals surface area contributed by atoms with Crippen molar-refractivity contribution in [1.29, 1.82) is 0 Å². The maximum atomic E-state index is 12.9. The normalized spacial score (nSPS) is 17.7. The molecule has 1 unspecified atom stereocenters. The summed E-state index contributed by atoms with van der Waals surface area (Å²) in [5.74, 6) is 0.0603. The number of carbonyl (C=O) groups excluding carboxylic acids is 1. The van der Waals surface area contributed by atoms with Crippen LogP contribution in [0.15, 0.2) is 36.5 Å². The molecule has 3 rings (SSSR count). The average molecular weight is 313 g/mol. The number of carbonyl (C=O) groups is 1. The number of aryl methyl sites for hydroxylation is 1. The summed E-state index contributed by atoms with van der Waals surface area (Å²) in [4.78, 5) is 14.8. The van der Waals surface area contributed by atoms with Gasteiger partial charge in [0.2, 0.25) is 0 Å². The molecule has 2 aromatic rings. The highest BCUT2D eigenvalue weighted by Crippen LogP contribution is 2.24. The van der Waals surface area contributed by atoms with Crippen LogP contribution in [-0.2, 0) is 0 Å². The van der Waals surface area contributed by atoms with Gasteiger partial charge >= 0.3 is 0 Å². The van der Waals surface area contributed by atoms with Gasteiger partial charge in [-0.05, 0) is 44.7 Å². The number of para-hydroxylation sites is 1. The van der Waals surface area contributed by atoms with Crippen LogP contribution < -0.4 is 0 Å². The lowest BCUT2D eigenvalue weighted by Gasteiger charge is -2.24. The number of hydrogen-bond donors (Lipinski definition) is 1. The van der Waals surface area contributed by atoms with Crippen LogP contribution in [0.2, 0.25) is 0 Å². The van der Waals surface area contributed by atoms with Gasteiger partial charge in [0.15, 0.2) is 0 Å². The van der Waals surface area contributed by atoms with Gasteiger partial charge in [0, 0.05) is 25.4 Å². The topological polar surface area (TPSA) is 58.4 Å². The molecule has 1 aromatic carbocycles. The van der Waals surface area contributed by atoms with Crippen LogP contribution >= 0.6 is 0 Å². The molecule has 5 nitrogen and oxygen atoms in total. The fourth-order valence-corrected chi connectivity index (χ4v) is 3.27. The van der Waals surface area contributed by atoms with Crippen LogP contribution in [0.1, 0.15) is 41.7 Å². The molecule has 5 heteroatoms. The van der Waals surface area contributed by atoms with Gasteiger partial charge in [-0.2, -0.15) is 5.10 Å². The molecule has 1 aromatic heterocycles. The van der Waals surface area contributed by atoms with E-state index in [-0.39, 0.29) is 18.6 Å². The fraction of sp³-hybridized carbons (Fsp3) is 0.444. The second-order valence-corrected chi connectivity index (χ2v) is 6.07. The van der Waals surface area contributed by atoms with Crippen molar-refractivity contribution >= 4 is 5.91 Å². The Balaban J connectivity index is 1.81. The first-order valence-electron chi connectivity index (χ1n) is 8.24. The van der Waals surface area contributed by atoms with Crippen LogP contribution in [0.25, 0.3) is 5.69 Å². The maximum absolute atomic E-state index is 12.9. The van der Waals surface area contributed by atoms with Gasteiger partial charge in [-0.3, -0.25) is 4.79 Å². The molecule has 0 spiro atoms. The van der Waals surface area contributed by atoms with Crippen LogP contribution in [0.3, 0.4) is 0 Å². The molecule has 1 aliphatic heterocycles. The molecule has 0 radical (unpaired) electrons. The van der Waals surface area contributed by atoms with E-state index in [2.05, 4.69) is 5.10 Å². The quantitative estimate of drug-likeness (QED) is 0.923. The Kier molecular flexibility index (Phi) is 4.76. The summed E-state index contributed by atoms with van der Waals surface area (Å²) in [6.07, 6.45) is 5.50. The summed E-state index contributed by atoms with van der Waals surface area (Å²) in [5, 5.41) is 13.5. The minimum Gasteiger partial charge on any atom is -0.396 e. The van der Waals surface area contributed by atoms with Crippen LogP contribution in [0.5, 0.6) is 0 Å². The van der Waals surface area contributed by atoms with Crippen molar-refractivity contribution in [2.45, 2.75) is 38.6 Å². The van der Waals surface area contributed by atoms with Crippen molar-refractivity contribution in [3.63, 3.8) is 0 Å². The highest BCUT2D eigenvalue weighted by atomic mass is 16.3. The number of benzene rings is 1. The molecule has 1 aliphatic rings. The number of likely N-dealkylation sites (tertiary alicyclic amines) is 1. The van der Waals surface area contributed by atoms with E-state index in [1.807, 2.05) is 48.4 Å². The predicted molar refractivity (Wildman–Crippen MR) is 88.7 cm³/mol. The SMILES string of the molecule is Cc1nn(-c2ccccc2)cc1C(=O)N1CCCC1CCCO. The van der Waals surface area contributed by atoms with Crippen molar-refractivity contribution in [3.8, 4) is 5.69 Å². The third kappa shape index (κ3) is 3.29. The Hall–Kier alpha value is -2.14. The highest BCUT2D eigenvalue weighted by molar-refractivity contribution is 5.95. The van der Waals surface area contributed by atoms with Crippen molar-refractivity contribution in [2.24, 2.45) is 0 Å². The van der Waals surface area contributed by atoms with Gasteiger partial charge in [0.25, 0.3) is 5.91 Å². The van der Waals surface area contributed by atoms with E-state index >= 15 is 0 Å². The van der Waals surface area contributed by atoms with E-state index < -0.39 is 0 Å². The number of aliphatic hydroxyl groups excluding tert-OH is 1. The van der Waals surface area contributed by atoms with Crippen molar-refractivity contribution in [2.75, 3.05) is 13.2 Å². The van der Waals surface area contributed by atoms with Crippen LogP contribution in [0.4, 0.5) is 0 Å². The number of rotatable bonds is 5. The molecule has 0 aliphatic carbocycles. The summed E-state index contributed by atoms with van der Waals surface area (Å²) in [5.41, 5.74) is 2.38. The molecule has 122 valence electrons. The molecule has 2 heterocycles. The second-order valence-electron chi connectivity index (χ2n) is 6.07. The molecular weight excluding hydrogens is 290 g/mol. The minimum absolute atomic E-state index is 0.0603. The van der Waals surface area contributed by atoms with Crippen molar-refractivity contribution < 1.29 is 9.90 Å². The molecule has 1 atom stereocenters. The Morgan fingerprint density at radius 1 is 1.35 bits per heavy atom. The summed E-state index contributed by atoms with van der Waals surface area (Å²) in [6.45, 7) is 2.86. The zero-order valence-electron chi connectivity index (χ0n) is 13.5. The van der Waals surface area contributed by atoms with E-state index in [1.165, 1.54) is 0 Å². The lowest BCUT2D eigenvalue weighted by Crippen LogP contribution is -2.35. The van der Waals surface area contributed by atoms with E-state index in [4.69, 9.17) is 5.11 Å². The monoisotopic (exact) mass is 313 g/mol. The number of nitrogens with zero attached hydrogens (tertiary/aromatic N) is 3. The lowest BCUT2D eigenvalue weighted by molar-refractivity contribution is 0.0723. The number of amides is 1. The molecule has 1 saturated heterocycles. The third-order valence-electron chi connectivity index (χ3n) is 4.48. The third-order valence-corrected chi connectivity index (χ3v) is 4.48. The highest BCUT2D eigenvalue weighted by Gasteiger charge is 2.30. The van der Waals surface area contributed by atoms with Gasteiger partial charge in [-0.15, -0.1) is 0 Å². The average Bonchev–Trinajstić information content (AvgIpc) is 3.19. The molecule has 0 saturated carbocycles. The van der Waals surface area contributed by atoms with Crippen LogP contribution in [-0.4, -0.2) is 44.9 Å². The smallest absolute Gasteiger partial charge is 0.257 e. The van der Waals surface area contributed by atoms with Gasteiger partial charge < -0.3 is 10.0 Å². The van der Waals surface area contributed by atoms with Gasteiger partial charge in [0.1, 0.15) is 0 Å². The molecule has 23 heavy (non-hydrogen) atoms. The first-order valence-corrected chi connectivity index (χ1v) is 8.24. The number of aliphatic hydroxyl groups is 1. The molecule has 1 amide bonds. The summed E-state index contributed by atoms with van der Waals surface area (Å²) < 4.78 is 1.77. The van der Waals surface area contributed by atoms with E-state index in [0.717, 1.165) is 43.6 Å². The zero-order valence-corrected chi connectivity index (χ0v) is 13.5. The first kappa shape index (κ1) is 15.7. The molecule has 1 N–H and O–H groups in total.